The molecule has 1 aromatic carbocycles. The van der Waals surface area contributed by atoms with E-state index in [1.807, 2.05) is 36.0 Å². The molecule has 6 heteroatoms. The summed E-state index contributed by atoms with van der Waals surface area (Å²) in [6.45, 7) is 0.417. The zero-order chi connectivity index (χ0) is 19.1. The highest BCUT2D eigenvalue weighted by atomic mass is 32.2. The third-order valence-corrected chi connectivity index (χ3v) is 6.39. The summed E-state index contributed by atoms with van der Waals surface area (Å²) in [6, 6.07) is 7.81. The van der Waals surface area contributed by atoms with Crippen molar-refractivity contribution in [3.05, 3.63) is 35.6 Å². The van der Waals surface area contributed by atoms with Gasteiger partial charge in [-0.25, -0.2) is 0 Å². The van der Waals surface area contributed by atoms with Crippen molar-refractivity contribution in [1.82, 2.24) is 5.32 Å². The van der Waals surface area contributed by atoms with E-state index in [1.54, 1.807) is 0 Å². The number of nitrogens with one attached hydrogen (secondary N) is 1. The number of hydrogen-bond donors (Lipinski definition) is 1. The quantitative estimate of drug-likeness (QED) is 0.524. The van der Waals surface area contributed by atoms with Gasteiger partial charge in [-0.15, -0.1) is 0 Å². The van der Waals surface area contributed by atoms with Crippen LogP contribution in [0.5, 0.6) is 0 Å². The van der Waals surface area contributed by atoms with E-state index in [0.29, 0.717) is 30.4 Å². The van der Waals surface area contributed by atoms with Crippen LogP contribution >= 0.6 is 11.8 Å². The molecule has 0 spiro atoms. The lowest BCUT2D eigenvalue weighted by Gasteiger charge is -2.20. The molecule has 1 saturated carbocycles. The molecule has 1 aliphatic rings. The predicted octanol–water partition coefficient (Wildman–Crippen LogP) is 4.68. The summed E-state index contributed by atoms with van der Waals surface area (Å²) < 4.78 is 10.5. The number of carbonyl (C=O) groups is 2. The Labute approximate surface area is 164 Å². The maximum atomic E-state index is 12.7. The fraction of sp³-hybridized carbons (Fsp3) is 0.524. The first-order chi connectivity index (χ1) is 13.2. The molecule has 1 aromatic heterocycles. The SMILES string of the molecule is COC(=O)CCCNC(=O)c1oc2ccccc2c1CSC1CCCCC1. The van der Waals surface area contributed by atoms with Gasteiger partial charge in [0.1, 0.15) is 5.58 Å². The molecule has 1 aliphatic carbocycles. The number of rotatable bonds is 8. The Balaban J connectivity index is 1.67. The standard InChI is InChI=1S/C21H27NO4S/c1-25-19(23)12-7-13-22-21(24)20-17(14-27-15-8-3-2-4-9-15)16-10-5-6-11-18(16)26-20/h5-6,10-11,15H,2-4,7-9,12-14H2,1H3,(H,22,24). The Morgan fingerprint density at radius 2 is 2.00 bits per heavy atom. The summed E-state index contributed by atoms with van der Waals surface area (Å²) in [6.07, 6.45) is 7.30. The maximum Gasteiger partial charge on any atom is 0.305 e. The molecule has 3 rings (SSSR count). The number of hydrogen-bond acceptors (Lipinski definition) is 5. The van der Waals surface area contributed by atoms with E-state index in [0.717, 1.165) is 22.3 Å². The Hall–Kier alpha value is -1.95. The molecule has 1 N–H and O–H groups in total. The van der Waals surface area contributed by atoms with Crippen LogP contribution in [0.3, 0.4) is 0 Å². The second-order valence-corrected chi connectivity index (χ2v) is 8.20. The van der Waals surface area contributed by atoms with E-state index in [-0.39, 0.29) is 11.9 Å². The van der Waals surface area contributed by atoms with Gasteiger partial charge in [-0.05, 0) is 25.3 Å². The van der Waals surface area contributed by atoms with Gasteiger partial charge in [0.25, 0.3) is 5.91 Å². The van der Waals surface area contributed by atoms with Crippen molar-refractivity contribution in [3.8, 4) is 0 Å². The molecule has 0 saturated heterocycles. The predicted molar refractivity (Wildman–Crippen MR) is 108 cm³/mol. The summed E-state index contributed by atoms with van der Waals surface area (Å²) in [5.74, 6) is 0.706. The highest BCUT2D eigenvalue weighted by molar-refractivity contribution is 7.99. The van der Waals surface area contributed by atoms with Crippen LogP contribution in [0, 0.1) is 0 Å². The highest BCUT2D eigenvalue weighted by Gasteiger charge is 2.22. The van der Waals surface area contributed by atoms with E-state index in [4.69, 9.17) is 4.42 Å². The molecule has 1 heterocycles. The van der Waals surface area contributed by atoms with Gasteiger partial charge in [-0.1, -0.05) is 37.5 Å². The smallest absolute Gasteiger partial charge is 0.305 e. The average Bonchev–Trinajstić information content (AvgIpc) is 3.08. The van der Waals surface area contributed by atoms with Crippen LogP contribution in [0.1, 0.15) is 61.1 Å². The first kappa shape index (κ1) is 19.8. The topological polar surface area (TPSA) is 68.5 Å². The summed E-state index contributed by atoms with van der Waals surface area (Å²) >= 11 is 1.94. The number of esters is 1. The van der Waals surface area contributed by atoms with E-state index >= 15 is 0 Å². The van der Waals surface area contributed by atoms with Crippen molar-refractivity contribution >= 4 is 34.6 Å². The molecule has 0 atom stereocenters. The second-order valence-electron chi connectivity index (χ2n) is 6.91. The van der Waals surface area contributed by atoms with Crippen LogP contribution < -0.4 is 5.32 Å². The number of fused-ring (bicyclic) bond motifs is 1. The molecule has 146 valence electrons. The molecule has 0 unspecified atom stereocenters. The Morgan fingerprint density at radius 1 is 1.22 bits per heavy atom. The molecule has 1 amide bonds. The molecule has 0 radical (unpaired) electrons. The lowest BCUT2D eigenvalue weighted by molar-refractivity contribution is -0.140. The fourth-order valence-corrected chi connectivity index (χ4v) is 4.83. The highest BCUT2D eigenvalue weighted by Crippen LogP contribution is 2.34. The molecule has 2 aromatic rings. The van der Waals surface area contributed by atoms with E-state index in [1.165, 1.54) is 39.2 Å². The number of para-hydroxylation sites is 1. The van der Waals surface area contributed by atoms with E-state index in [9.17, 15) is 9.59 Å². The molecule has 5 nitrogen and oxygen atoms in total. The summed E-state index contributed by atoms with van der Waals surface area (Å²) in [4.78, 5) is 23.8. The summed E-state index contributed by atoms with van der Waals surface area (Å²) in [5, 5.41) is 4.55. The molecule has 1 fully saturated rings. The van der Waals surface area contributed by atoms with Gasteiger partial charge in [0.05, 0.1) is 7.11 Å². The lowest BCUT2D eigenvalue weighted by atomic mass is 10.0. The number of ether oxygens (including phenoxy) is 1. The van der Waals surface area contributed by atoms with Crippen molar-refractivity contribution in [2.75, 3.05) is 13.7 Å². The monoisotopic (exact) mass is 389 g/mol. The van der Waals surface area contributed by atoms with Gasteiger partial charge < -0.3 is 14.5 Å². The number of furan rings is 1. The van der Waals surface area contributed by atoms with Gasteiger partial charge >= 0.3 is 5.97 Å². The van der Waals surface area contributed by atoms with Crippen LogP contribution in [-0.2, 0) is 15.3 Å². The van der Waals surface area contributed by atoms with Crippen molar-refractivity contribution < 1.29 is 18.7 Å². The average molecular weight is 390 g/mol. The van der Waals surface area contributed by atoms with Gasteiger partial charge in [0.2, 0.25) is 0 Å². The number of methoxy groups -OCH3 is 1. The minimum absolute atomic E-state index is 0.213. The van der Waals surface area contributed by atoms with Gasteiger partial charge in [0, 0.05) is 34.9 Å². The third kappa shape index (κ3) is 5.28. The van der Waals surface area contributed by atoms with E-state index < -0.39 is 0 Å². The van der Waals surface area contributed by atoms with E-state index in [2.05, 4.69) is 10.1 Å². The van der Waals surface area contributed by atoms with Crippen LogP contribution in [-0.4, -0.2) is 30.8 Å². The summed E-state index contributed by atoms with van der Waals surface area (Å²) in [7, 11) is 1.37. The minimum Gasteiger partial charge on any atom is -0.469 e. The molecular weight excluding hydrogens is 362 g/mol. The Morgan fingerprint density at radius 3 is 2.78 bits per heavy atom. The third-order valence-electron chi connectivity index (χ3n) is 4.99. The Bertz CT molecular complexity index is 780. The zero-order valence-electron chi connectivity index (χ0n) is 15.8. The molecule has 0 bridgehead atoms. The second kappa shape index (κ2) is 9.83. The van der Waals surface area contributed by atoms with Gasteiger partial charge in [0.15, 0.2) is 5.76 Å². The molecular formula is C21H27NO4S. The van der Waals surface area contributed by atoms with Crippen LogP contribution in [0.25, 0.3) is 11.0 Å². The minimum atomic E-state index is -0.266. The van der Waals surface area contributed by atoms with Crippen LogP contribution in [0.4, 0.5) is 0 Å². The first-order valence-electron chi connectivity index (χ1n) is 9.66. The van der Waals surface area contributed by atoms with Crippen LogP contribution in [0.2, 0.25) is 0 Å². The van der Waals surface area contributed by atoms with Gasteiger partial charge in [-0.3, -0.25) is 9.59 Å². The van der Waals surface area contributed by atoms with Crippen molar-refractivity contribution in [3.63, 3.8) is 0 Å². The summed E-state index contributed by atoms with van der Waals surface area (Å²) in [5.41, 5.74) is 1.73. The molecule has 0 aliphatic heterocycles. The first-order valence-corrected chi connectivity index (χ1v) is 10.7. The number of benzene rings is 1. The Kier molecular flexibility index (Phi) is 7.21. The van der Waals surface area contributed by atoms with Crippen LogP contribution in [0.15, 0.2) is 28.7 Å². The maximum absolute atomic E-state index is 12.7. The fourth-order valence-electron chi connectivity index (χ4n) is 3.48. The largest absolute Gasteiger partial charge is 0.469 e. The number of amides is 1. The van der Waals surface area contributed by atoms with Crippen molar-refractivity contribution in [1.29, 1.82) is 0 Å². The number of thioether (sulfide) groups is 1. The lowest BCUT2D eigenvalue weighted by Crippen LogP contribution is -2.25. The van der Waals surface area contributed by atoms with Crippen molar-refractivity contribution in [2.45, 2.75) is 55.9 Å². The van der Waals surface area contributed by atoms with Crippen molar-refractivity contribution in [2.24, 2.45) is 0 Å². The molecule has 27 heavy (non-hydrogen) atoms. The zero-order valence-corrected chi connectivity index (χ0v) is 16.6. The number of carbonyl (C=O) groups excluding carboxylic acids is 2. The van der Waals surface area contributed by atoms with Gasteiger partial charge in [-0.2, -0.15) is 11.8 Å². The normalized spacial score (nSPS) is 15.0.